The molecule has 17 heavy (non-hydrogen) atoms. The molecule has 1 saturated carbocycles. The minimum Gasteiger partial charge on any atom is -0.388 e. The first-order chi connectivity index (χ1) is 8.27. The second kappa shape index (κ2) is 3.21. The molecule has 0 amide bonds. The van der Waals surface area contributed by atoms with Crippen LogP contribution in [0, 0.1) is 23.7 Å². The van der Waals surface area contributed by atoms with Crippen molar-refractivity contribution in [2.45, 2.75) is 18.6 Å². The van der Waals surface area contributed by atoms with E-state index in [0.717, 1.165) is 17.5 Å². The fraction of sp³-hybridized carbons (Fsp3) is 0.467. The molecule has 2 N–H and O–H groups in total. The largest absolute Gasteiger partial charge is 0.388 e. The van der Waals surface area contributed by atoms with Gasteiger partial charge >= 0.3 is 0 Å². The van der Waals surface area contributed by atoms with Crippen LogP contribution in [-0.4, -0.2) is 10.2 Å². The van der Waals surface area contributed by atoms with Gasteiger partial charge in [0.05, 0.1) is 12.2 Å². The van der Waals surface area contributed by atoms with Crippen molar-refractivity contribution in [3.8, 4) is 0 Å². The van der Waals surface area contributed by atoms with Crippen LogP contribution in [0.5, 0.6) is 0 Å². The van der Waals surface area contributed by atoms with Gasteiger partial charge in [-0.15, -0.1) is 0 Å². The summed E-state index contributed by atoms with van der Waals surface area (Å²) in [5.74, 6) is 1.36. The van der Waals surface area contributed by atoms with Crippen molar-refractivity contribution in [3.63, 3.8) is 0 Å². The van der Waals surface area contributed by atoms with E-state index >= 15 is 0 Å². The molecule has 3 aliphatic carbocycles. The topological polar surface area (TPSA) is 40.5 Å². The molecule has 1 fully saturated rings. The number of rotatable bonds is 0. The maximum Gasteiger partial charge on any atom is 0.0831 e. The van der Waals surface area contributed by atoms with E-state index < -0.39 is 12.2 Å². The maximum atomic E-state index is 10.5. The molecule has 2 bridgehead atoms. The van der Waals surface area contributed by atoms with Crippen LogP contribution in [0.4, 0.5) is 0 Å². The zero-order chi connectivity index (χ0) is 11.6. The van der Waals surface area contributed by atoms with E-state index in [1.807, 2.05) is 24.3 Å². The van der Waals surface area contributed by atoms with Crippen molar-refractivity contribution in [2.75, 3.05) is 0 Å². The Balaban J connectivity index is 1.88. The molecule has 1 aromatic rings. The molecule has 88 valence electrons. The Morgan fingerprint density at radius 3 is 1.76 bits per heavy atom. The quantitative estimate of drug-likeness (QED) is 0.668. The van der Waals surface area contributed by atoms with Gasteiger partial charge in [-0.3, -0.25) is 0 Å². The Hall–Kier alpha value is -1.12. The van der Waals surface area contributed by atoms with E-state index in [-0.39, 0.29) is 11.8 Å². The maximum absolute atomic E-state index is 10.5. The molecule has 4 rings (SSSR count). The minimum absolute atomic E-state index is 0.217. The molecule has 0 spiro atoms. The summed E-state index contributed by atoms with van der Waals surface area (Å²) in [5.41, 5.74) is 1.87. The van der Waals surface area contributed by atoms with Crippen molar-refractivity contribution >= 4 is 0 Å². The van der Waals surface area contributed by atoms with Crippen LogP contribution in [-0.2, 0) is 0 Å². The van der Waals surface area contributed by atoms with E-state index in [1.165, 1.54) is 0 Å². The van der Waals surface area contributed by atoms with Crippen LogP contribution in [0.15, 0.2) is 36.4 Å². The zero-order valence-electron chi connectivity index (χ0n) is 9.53. The molecule has 2 heteroatoms. The van der Waals surface area contributed by atoms with Crippen LogP contribution >= 0.6 is 0 Å². The molecule has 0 heterocycles. The van der Waals surface area contributed by atoms with Gasteiger partial charge in [-0.25, -0.2) is 0 Å². The number of hydrogen-bond donors (Lipinski definition) is 2. The van der Waals surface area contributed by atoms with Crippen molar-refractivity contribution in [1.29, 1.82) is 0 Å². The average Bonchev–Trinajstić information content (AvgIpc) is 2.96. The van der Waals surface area contributed by atoms with Crippen molar-refractivity contribution in [2.24, 2.45) is 23.7 Å². The summed E-state index contributed by atoms with van der Waals surface area (Å²) < 4.78 is 0. The number of aliphatic hydroxyl groups excluding tert-OH is 2. The summed E-state index contributed by atoms with van der Waals surface area (Å²) in [6.45, 7) is 0. The Morgan fingerprint density at radius 2 is 1.29 bits per heavy atom. The molecule has 3 aliphatic rings. The standard InChI is InChI=1S/C15H16O2/c16-14-10-3-1-2-4-11(10)15(17)13-9-6-5-8(7-9)12(13)14/h1-6,8-9,12-17H,7H2/t8-,9-,12-,13-,14+,15+/m0/s1. The lowest BCUT2D eigenvalue weighted by Crippen LogP contribution is -2.35. The van der Waals surface area contributed by atoms with E-state index in [4.69, 9.17) is 0 Å². The SMILES string of the molecule is O[C@@H]1c2ccccc2[C@@H](O)[C@@H]2[C@@H]1[C@H]1C=C[C@H]2C1. The molecule has 1 aromatic carbocycles. The van der Waals surface area contributed by atoms with Crippen molar-refractivity contribution < 1.29 is 10.2 Å². The number of allylic oxidation sites excluding steroid dienone is 2. The second-order valence-corrected chi connectivity index (χ2v) is 5.62. The first-order valence-electron chi connectivity index (χ1n) is 6.40. The third-order valence-electron chi connectivity index (χ3n) is 4.95. The molecule has 0 unspecified atom stereocenters. The highest BCUT2D eigenvalue weighted by molar-refractivity contribution is 5.37. The highest BCUT2D eigenvalue weighted by Crippen LogP contribution is 2.59. The monoisotopic (exact) mass is 228 g/mol. The Morgan fingerprint density at radius 1 is 0.824 bits per heavy atom. The third-order valence-corrected chi connectivity index (χ3v) is 4.95. The number of benzene rings is 1. The third kappa shape index (κ3) is 1.12. The van der Waals surface area contributed by atoms with Crippen LogP contribution in [0.2, 0.25) is 0 Å². The summed E-state index contributed by atoms with van der Waals surface area (Å²) in [4.78, 5) is 0. The molecule has 2 nitrogen and oxygen atoms in total. The van der Waals surface area contributed by atoms with Gasteiger partial charge < -0.3 is 10.2 Å². The van der Waals surface area contributed by atoms with Gasteiger partial charge in [0, 0.05) is 11.8 Å². The van der Waals surface area contributed by atoms with Crippen LogP contribution in [0.1, 0.15) is 29.8 Å². The van der Waals surface area contributed by atoms with E-state index in [0.29, 0.717) is 11.8 Å². The van der Waals surface area contributed by atoms with Crippen LogP contribution in [0.3, 0.4) is 0 Å². The fourth-order valence-electron chi connectivity index (χ4n) is 4.25. The van der Waals surface area contributed by atoms with Gasteiger partial charge in [-0.1, -0.05) is 36.4 Å². The van der Waals surface area contributed by atoms with E-state index in [1.54, 1.807) is 0 Å². The van der Waals surface area contributed by atoms with Gasteiger partial charge in [-0.2, -0.15) is 0 Å². The molecule has 0 saturated heterocycles. The van der Waals surface area contributed by atoms with Gasteiger partial charge in [0.1, 0.15) is 0 Å². The minimum atomic E-state index is -0.403. The Bertz CT molecular complexity index is 450. The predicted octanol–water partition coefficient (Wildman–Crippen LogP) is 2.21. The summed E-state index contributed by atoms with van der Waals surface area (Å²) >= 11 is 0. The molecule has 0 aliphatic heterocycles. The first kappa shape index (κ1) is 9.86. The summed E-state index contributed by atoms with van der Waals surface area (Å²) in [6.07, 6.45) is 4.77. The second-order valence-electron chi connectivity index (χ2n) is 5.62. The zero-order valence-corrected chi connectivity index (χ0v) is 9.53. The van der Waals surface area contributed by atoms with Gasteiger partial charge in [0.15, 0.2) is 0 Å². The van der Waals surface area contributed by atoms with Crippen LogP contribution in [0.25, 0.3) is 0 Å². The van der Waals surface area contributed by atoms with Crippen LogP contribution < -0.4 is 0 Å². The molecule has 0 aromatic heterocycles. The van der Waals surface area contributed by atoms with Gasteiger partial charge in [0.2, 0.25) is 0 Å². The predicted molar refractivity (Wildman–Crippen MR) is 64.1 cm³/mol. The van der Waals surface area contributed by atoms with Crippen molar-refractivity contribution in [1.82, 2.24) is 0 Å². The highest BCUT2D eigenvalue weighted by Gasteiger charge is 2.54. The lowest BCUT2D eigenvalue weighted by molar-refractivity contribution is -0.0209. The summed E-state index contributed by atoms with van der Waals surface area (Å²) in [5, 5.41) is 21.1. The smallest absolute Gasteiger partial charge is 0.0831 e. The molecule has 0 radical (unpaired) electrons. The molecular formula is C15H16O2. The number of aliphatic hydroxyl groups is 2. The van der Waals surface area contributed by atoms with Crippen molar-refractivity contribution in [3.05, 3.63) is 47.5 Å². The van der Waals surface area contributed by atoms with Gasteiger partial charge in [-0.05, 0) is 29.4 Å². The normalized spacial score (nSPS) is 45.8. The van der Waals surface area contributed by atoms with Gasteiger partial charge in [0.25, 0.3) is 0 Å². The lowest BCUT2D eigenvalue weighted by Gasteiger charge is -2.41. The first-order valence-corrected chi connectivity index (χ1v) is 6.40. The average molecular weight is 228 g/mol. The Kier molecular flexibility index (Phi) is 1.86. The lowest BCUT2D eigenvalue weighted by atomic mass is 9.68. The van der Waals surface area contributed by atoms with E-state index in [9.17, 15) is 10.2 Å². The summed E-state index contributed by atoms with van der Waals surface area (Å²) in [7, 11) is 0. The Labute approximate surface area is 101 Å². The number of fused-ring (bicyclic) bond motifs is 6. The fourth-order valence-corrected chi connectivity index (χ4v) is 4.25. The molecule has 6 atom stereocenters. The molecular weight excluding hydrogens is 212 g/mol. The van der Waals surface area contributed by atoms with E-state index in [2.05, 4.69) is 12.2 Å². The summed E-state index contributed by atoms with van der Waals surface area (Å²) in [6, 6.07) is 7.79. The highest BCUT2D eigenvalue weighted by atomic mass is 16.3. The number of hydrogen-bond acceptors (Lipinski definition) is 2.